The molecule has 1 rings (SSSR count). The fraction of sp³-hybridized carbons (Fsp3) is 0.923. The molecule has 0 spiro atoms. The number of ketones is 1. The van der Waals surface area contributed by atoms with Crippen LogP contribution in [0.5, 0.6) is 0 Å². The molecule has 0 N–H and O–H groups in total. The molecule has 106 valence electrons. The minimum absolute atomic E-state index is 0.193. The van der Waals surface area contributed by atoms with Gasteiger partial charge in [-0.2, -0.15) is 0 Å². The van der Waals surface area contributed by atoms with Gasteiger partial charge in [0.1, 0.15) is 5.78 Å². The minimum Gasteiger partial charge on any atom is -0.300 e. The molecule has 1 saturated heterocycles. The molecule has 5 heteroatoms. The zero-order valence-electron chi connectivity index (χ0n) is 11.7. The minimum atomic E-state index is -2.98. The first kappa shape index (κ1) is 15.6. The number of piperidine rings is 1. The Morgan fingerprint density at radius 1 is 1.33 bits per heavy atom. The molecule has 18 heavy (non-hydrogen) atoms. The van der Waals surface area contributed by atoms with Gasteiger partial charge in [-0.05, 0) is 40.2 Å². The van der Waals surface area contributed by atoms with E-state index in [1.165, 1.54) is 0 Å². The molecule has 1 fully saturated rings. The molecule has 0 saturated carbocycles. The molecular weight excluding hydrogens is 250 g/mol. The lowest BCUT2D eigenvalue weighted by molar-refractivity contribution is -0.118. The summed E-state index contributed by atoms with van der Waals surface area (Å²) in [5.41, 5.74) is 0. The van der Waals surface area contributed by atoms with Crippen LogP contribution in [0.25, 0.3) is 0 Å². The van der Waals surface area contributed by atoms with Gasteiger partial charge in [0, 0.05) is 19.0 Å². The summed E-state index contributed by atoms with van der Waals surface area (Å²) < 4.78 is 23.6. The molecular formula is C13H25NO3S. The zero-order valence-corrected chi connectivity index (χ0v) is 12.5. The van der Waals surface area contributed by atoms with E-state index in [2.05, 4.69) is 4.90 Å². The Balaban J connectivity index is 2.55. The van der Waals surface area contributed by atoms with Crippen LogP contribution in [0.4, 0.5) is 0 Å². The van der Waals surface area contributed by atoms with E-state index in [1.54, 1.807) is 20.8 Å². The van der Waals surface area contributed by atoms with Crippen LogP contribution in [-0.4, -0.2) is 49.2 Å². The van der Waals surface area contributed by atoms with Gasteiger partial charge >= 0.3 is 0 Å². The van der Waals surface area contributed by atoms with Crippen LogP contribution in [-0.2, 0) is 14.6 Å². The first-order chi connectivity index (χ1) is 8.33. The van der Waals surface area contributed by atoms with Crippen LogP contribution in [0.3, 0.4) is 0 Å². The van der Waals surface area contributed by atoms with Gasteiger partial charge in [0.25, 0.3) is 0 Å². The van der Waals surface area contributed by atoms with E-state index in [9.17, 15) is 13.2 Å². The quantitative estimate of drug-likeness (QED) is 0.739. The number of carbonyl (C=O) groups excluding carboxylic acids is 1. The van der Waals surface area contributed by atoms with Crippen molar-refractivity contribution >= 4 is 15.6 Å². The average molecular weight is 275 g/mol. The van der Waals surface area contributed by atoms with Gasteiger partial charge in [-0.15, -0.1) is 0 Å². The second kappa shape index (κ2) is 6.66. The highest BCUT2D eigenvalue weighted by molar-refractivity contribution is 7.92. The number of carbonyl (C=O) groups is 1. The van der Waals surface area contributed by atoms with Crippen molar-refractivity contribution in [3.05, 3.63) is 0 Å². The molecule has 0 radical (unpaired) electrons. The van der Waals surface area contributed by atoms with E-state index in [0.717, 1.165) is 25.8 Å². The molecule has 1 heterocycles. The Morgan fingerprint density at radius 2 is 2.00 bits per heavy atom. The molecule has 4 nitrogen and oxygen atoms in total. The topological polar surface area (TPSA) is 54.5 Å². The lowest BCUT2D eigenvalue weighted by Gasteiger charge is -2.35. The highest BCUT2D eigenvalue weighted by Crippen LogP contribution is 2.20. The summed E-state index contributed by atoms with van der Waals surface area (Å²) in [5, 5.41) is -0.312. The Labute approximate surface area is 111 Å². The van der Waals surface area contributed by atoms with Crippen molar-refractivity contribution in [2.45, 2.75) is 57.7 Å². The fourth-order valence-electron chi connectivity index (χ4n) is 2.40. The Morgan fingerprint density at radius 3 is 2.56 bits per heavy atom. The zero-order chi connectivity index (χ0) is 13.8. The van der Waals surface area contributed by atoms with Crippen LogP contribution in [0.1, 0.15) is 46.5 Å². The van der Waals surface area contributed by atoms with Gasteiger partial charge < -0.3 is 0 Å². The molecule has 0 aromatic carbocycles. The molecule has 0 aliphatic carbocycles. The van der Waals surface area contributed by atoms with Crippen molar-refractivity contribution < 1.29 is 13.2 Å². The van der Waals surface area contributed by atoms with Crippen molar-refractivity contribution in [1.29, 1.82) is 0 Å². The summed E-state index contributed by atoms with van der Waals surface area (Å²) in [6, 6.07) is 0.249. The first-order valence-electron chi connectivity index (χ1n) is 6.78. The van der Waals surface area contributed by atoms with Gasteiger partial charge in [0.2, 0.25) is 0 Å². The van der Waals surface area contributed by atoms with Crippen LogP contribution in [0, 0.1) is 0 Å². The second-order valence-electron chi connectivity index (χ2n) is 5.51. The van der Waals surface area contributed by atoms with Crippen molar-refractivity contribution in [3.63, 3.8) is 0 Å². The number of hydrogen-bond acceptors (Lipinski definition) is 4. The highest BCUT2D eigenvalue weighted by atomic mass is 32.2. The average Bonchev–Trinajstić information content (AvgIpc) is 2.27. The van der Waals surface area contributed by atoms with Crippen LogP contribution < -0.4 is 0 Å². The predicted octanol–water partition coefficient (Wildman–Crippen LogP) is 1.64. The van der Waals surface area contributed by atoms with Gasteiger partial charge in [0.15, 0.2) is 9.84 Å². The molecule has 1 unspecified atom stereocenters. The largest absolute Gasteiger partial charge is 0.300 e. The van der Waals surface area contributed by atoms with E-state index in [0.29, 0.717) is 13.0 Å². The van der Waals surface area contributed by atoms with Gasteiger partial charge in [-0.3, -0.25) is 9.69 Å². The van der Waals surface area contributed by atoms with E-state index in [4.69, 9.17) is 0 Å². The third-order valence-electron chi connectivity index (χ3n) is 3.65. The summed E-state index contributed by atoms with van der Waals surface area (Å²) in [6.45, 7) is 6.54. The van der Waals surface area contributed by atoms with Crippen molar-refractivity contribution in [3.8, 4) is 0 Å². The summed E-state index contributed by atoms with van der Waals surface area (Å²) in [5.74, 6) is 0.401. The molecule has 1 aliphatic rings. The lowest BCUT2D eigenvalue weighted by atomic mass is 9.98. The molecule has 1 atom stereocenters. The normalized spacial score (nSPS) is 22.3. The molecule has 0 amide bonds. The maximum absolute atomic E-state index is 11.8. The van der Waals surface area contributed by atoms with Crippen LogP contribution >= 0.6 is 0 Å². The summed E-state index contributed by atoms with van der Waals surface area (Å²) in [6.07, 6.45) is 3.82. The smallest absolute Gasteiger partial charge is 0.153 e. The van der Waals surface area contributed by atoms with Crippen LogP contribution in [0.2, 0.25) is 0 Å². The van der Waals surface area contributed by atoms with Gasteiger partial charge in [-0.25, -0.2) is 8.42 Å². The summed E-state index contributed by atoms with van der Waals surface area (Å²) in [7, 11) is -2.98. The lowest BCUT2D eigenvalue weighted by Crippen LogP contribution is -2.43. The summed E-state index contributed by atoms with van der Waals surface area (Å²) in [4.78, 5) is 13.4. The molecule has 0 aromatic rings. The standard InChI is InChI=1S/C13H25NO3S/c1-11(2)18(16,17)9-8-14-7-5-4-6-13(14)10-12(3)15/h11,13H,4-10H2,1-3H3. The monoisotopic (exact) mass is 275 g/mol. The van der Waals surface area contributed by atoms with E-state index >= 15 is 0 Å². The maximum Gasteiger partial charge on any atom is 0.153 e. The highest BCUT2D eigenvalue weighted by Gasteiger charge is 2.25. The van der Waals surface area contributed by atoms with Crippen molar-refractivity contribution in [2.75, 3.05) is 18.8 Å². The first-order valence-corrected chi connectivity index (χ1v) is 8.49. The second-order valence-corrected chi connectivity index (χ2v) is 8.18. The Kier molecular flexibility index (Phi) is 5.79. The molecule has 1 aliphatic heterocycles. The number of rotatable bonds is 6. The number of nitrogens with zero attached hydrogens (tertiary/aromatic N) is 1. The van der Waals surface area contributed by atoms with E-state index in [1.807, 2.05) is 0 Å². The van der Waals surface area contributed by atoms with E-state index < -0.39 is 9.84 Å². The third kappa shape index (κ3) is 4.69. The molecule has 0 bridgehead atoms. The van der Waals surface area contributed by atoms with Crippen molar-refractivity contribution in [1.82, 2.24) is 4.90 Å². The van der Waals surface area contributed by atoms with Crippen LogP contribution in [0.15, 0.2) is 0 Å². The maximum atomic E-state index is 11.8. The van der Waals surface area contributed by atoms with E-state index in [-0.39, 0.29) is 22.8 Å². The fourth-order valence-corrected chi connectivity index (χ4v) is 3.36. The SMILES string of the molecule is CC(=O)CC1CCCCN1CCS(=O)(=O)C(C)C. The Bertz CT molecular complexity index is 376. The predicted molar refractivity (Wildman–Crippen MR) is 73.4 cm³/mol. The Hall–Kier alpha value is -0.420. The number of hydrogen-bond donors (Lipinski definition) is 0. The van der Waals surface area contributed by atoms with Gasteiger partial charge in [-0.1, -0.05) is 6.42 Å². The van der Waals surface area contributed by atoms with Gasteiger partial charge in [0.05, 0.1) is 11.0 Å². The number of sulfone groups is 1. The van der Waals surface area contributed by atoms with Crippen molar-refractivity contribution in [2.24, 2.45) is 0 Å². The molecule has 0 aromatic heterocycles. The third-order valence-corrected chi connectivity index (χ3v) is 5.84. The summed E-state index contributed by atoms with van der Waals surface area (Å²) >= 11 is 0. The number of likely N-dealkylation sites (tertiary alicyclic amines) is 1. The number of Topliss-reactive ketones (excluding diaryl/α,β-unsaturated/α-hetero) is 1.